The molecule has 37 heavy (non-hydrogen) atoms. The molecule has 0 amide bonds. The molecule has 4 nitrogen and oxygen atoms in total. The van der Waals surface area contributed by atoms with Gasteiger partial charge in [-0.05, 0) is 40.1 Å². The third kappa shape index (κ3) is 2.72. The molecule has 4 aliphatic carbocycles. The number of ketones is 1. The van der Waals surface area contributed by atoms with Gasteiger partial charge in [0.05, 0.1) is 27.2 Å². The smallest absolute Gasteiger partial charge is 0.194 e. The molecule has 3 aromatic carbocycles. The SMILES string of the molecule is COc1ccccc1C1OCc2c3c(c4c(c2[Si](C)(C)C)C(=O)c2ccccc2-4)C2(OC)C=CC31C=C2. The summed E-state index contributed by atoms with van der Waals surface area (Å²) in [6.07, 6.45) is 8.59. The maximum Gasteiger partial charge on any atom is 0.194 e. The molecule has 1 unspecified atom stereocenters. The van der Waals surface area contributed by atoms with Crippen LogP contribution in [0.4, 0.5) is 0 Å². The predicted molar refractivity (Wildman–Crippen MR) is 147 cm³/mol. The molecule has 0 saturated carbocycles. The monoisotopic (exact) mass is 506 g/mol. The van der Waals surface area contributed by atoms with Crippen molar-refractivity contribution in [1.29, 1.82) is 0 Å². The van der Waals surface area contributed by atoms with Gasteiger partial charge in [0.25, 0.3) is 0 Å². The molecule has 5 aliphatic rings. The lowest BCUT2D eigenvalue weighted by Gasteiger charge is -2.53. The maximum absolute atomic E-state index is 14.1. The number of rotatable bonds is 4. The van der Waals surface area contributed by atoms with Gasteiger partial charge >= 0.3 is 0 Å². The molecule has 1 aliphatic heterocycles. The van der Waals surface area contributed by atoms with Crippen molar-refractivity contribution < 1.29 is 19.0 Å². The Morgan fingerprint density at radius 3 is 2.22 bits per heavy atom. The summed E-state index contributed by atoms with van der Waals surface area (Å²) < 4.78 is 18.9. The van der Waals surface area contributed by atoms with Crippen molar-refractivity contribution in [3.05, 3.63) is 106 Å². The first-order valence-corrected chi connectivity index (χ1v) is 16.4. The van der Waals surface area contributed by atoms with Crippen molar-refractivity contribution in [3.63, 3.8) is 0 Å². The molecule has 8 rings (SSSR count). The van der Waals surface area contributed by atoms with Gasteiger partial charge in [-0.3, -0.25) is 4.79 Å². The first kappa shape index (κ1) is 22.9. The largest absolute Gasteiger partial charge is 0.496 e. The lowest BCUT2D eigenvalue weighted by atomic mass is 9.57. The van der Waals surface area contributed by atoms with E-state index < -0.39 is 19.1 Å². The molecule has 2 bridgehead atoms. The van der Waals surface area contributed by atoms with Crippen molar-refractivity contribution in [2.45, 2.75) is 43.4 Å². The van der Waals surface area contributed by atoms with E-state index in [-0.39, 0.29) is 11.9 Å². The van der Waals surface area contributed by atoms with E-state index in [0.29, 0.717) is 6.61 Å². The Morgan fingerprint density at radius 1 is 0.865 bits per heavy atom. The van der Waals surface area contributed by atoms with E-state index in [9.17, 15) is 4.79 Å². The molecular weight excluding hydrogens is 476 g/mol. The summed E-state index contributed by atoms with van der Waals surface area (Å²) in [5.41, 5.74) is 7.02. The lowest BCUT2D eigenvalue weighted by Crippen LogP contribution is -2.53. The number of methoxy groups -OCH3 is 2. The maximum atomic E-state index is 14.1. The van der Waals surface area contributed by atoms with Crippen LogP contribution < -0.4 is 9.92 Å². The van der Waals surface area contributed by atoms with Crippen LogP contribution in [0.1, 0.15) is 44.3 Å². The number of carbonyl (C=O) groups is 1. The number of benzene rings is 3. The predicted octanol–water partition coefficient (Wildman–Crippen LogP) is 5.94. The second-order valence-electron chi connectivity index (χ2n) is 11.5. The Bertz CT molecular complexity index is 1560. The second kappa shape index (κ2) is 7.41. The zero-order valence-corrected chi connectivity index (χ0v) is 22.8. The number of ether oxygens (including phenoxy) is 3. The van der Waals surface area contributed by atoms with E-state index in [0.717, 1.165) is 39.1 Å². The van der Waals surface area contributed by atoms with Gasteiger partial charge in [-0.1, -0.05) is 74.3 Å². The molecule has 0 N–H and O–H groups in total. The van der Waals surface area contributed by atoms with Crippen LogP contribution in [-0.2, 0) is 27.1 Å². The third-order valence-electron chi connectivity index (χ3n) is 8.65. The Hall–Kier alpha value is -3.25. The fraction of sp³-hybridized carbons (Fsp3) is 0.281. The van der Waals surface area contributed by atoms with Gasteiger partial charge in [-0.15, -0.1) is 0 Å². The molecule has 186 valence electrons. The van der Waals surface area contributed by atoms with E-state index in [1.54, 1.807) is 14.2 Å². The van der Waals surface area contributed by atoms with E-state index in [2.05, 4.69) is 56.1 Å². The molecule has 0 fully saturated rings. The minimum absolute atomic E-state index is 0.128. The number of hydrogen-bond acceptors (Lipinski definition) is 4. The van der Waals surface area contributed by atoms with Crippen LogP contribution in [0.5, 0.6) is 5.75 Å². The van der Waals surface area contributed by atoms with Gasteiger partial charge in [0.15, 0.2) is 5.78 Å². The Balaban J connectivity index is 1.65. The molecule has 1 spiro atoms. The molecule has 0 radical (unpaired) electrons. The minimum Gasteiger partial charge on any atom is -0.496 e. The first-order chi connectivity index (χ1) is 17.8. The summed E-state index contributed by atoms with van der Waals surface area (Å²) in [6, 6.07) is 16.2. The standard InChI is InChI=1S/C32H30O4Si/c1-34-23-13-9-8-12-21(23)30-31-14-16-32(35-2,17-15-31)27-24-19-10-6-7-11-20(19)28(33)25(24)29(37(3,4)5)22(18-36-30)26(27)31/h6-17,30H,18H2,1-5H3. The quantitative estimate of drug-likeness (QED) is 0.254. The number of para-hydroxylation sites is 1. The highest BCUT2D eigenvalue weighted by molar-refractivity contribution is 6.90. The van der Waals surface area contributed by atoms with Crippen LogP contribution in [0, 0.1) is 0 Å². The highest BCUT2D eigenvalue weighted by Crippen LogP contribution is 2.62. The lowest BCUT2D eigenvalue weighted by molar-refractivity contribution is -0.0173. The summed E-state index contributed by atoms with van der Waals surface area (Å²) in [5, 5.41) is 1.22. The van der Waals surface area contributed by atoms with E-state index in [4.69, 9.17) is 14.2 Å². The van der Waals surface area contributed by atoms with Crippen LogP contribution >= 0.6 is 0 Å². The van der Waals surface area contributed by atoms with Crippen LogP contribution in [0.2, 0.25) is 19.6 Å². The fourth-order valence-electron chi connectivity index (χ4n) is 7.22. The molecule has 0 saturated heterocycles. The molecule has 1 heterocycles. The van der Waals surface area contributed by atoms with Gasteiger partial charge in [0, 0.05) is 34.9 Å². The summed E-state index contributed by atoms with van der Waals surface area (Å²) in [4.78, 5) is 14.1. The van der Waals surface area contributed by atoms with Gasteiger partial charge in [-0.25, -0.2) is 0 Å². The normalized spacial score (nSPS) is 26.2. The van der Waals surface area contributed by atoms with Crippen molar-refractivity contribution in [3.8, 4) is 16.9 Å². The van der Waals surface area contributed by atoms with E-state index in [1.165, 1.54) is 16.3 Å². The van der Waals surface area contributed by atoms with Gasteiger partial charge in [0.2, 0.25) is 0 Å². The summed E-state index contributed by atoms with van der Waals surface area (Å²) in [5.74, 6) is 0.943. The van der Waals surface area contributed by atoms with Gasteiger partial charge in [-0.2, -0.15) is 0 Å². The number of hydrogen-bond donors (Lipinski definition) is 0. The van der Waals surface area contributed by atoms with Crippen LogP contribution in [0.25, 0.3) is 11.1 Å². The third-order valence-corrected chi connectivity index (χ3v) is 10.7. The average molecular weight is 507 g/mol. The zero-order valence-electron chi connectivity index (χ0n) is 21.8. The summed E-state index contributed by atoms with van der Waals surface area (Å²) in [7, 11) is 1.48. The topological polar surface area (TPSA) is 44.8 Å². The molecule has 0 aromatic heterocycles. The van der Waals surface area contributed by atoms with Gasteiger partial charge in [0.1, 0.15) is 17.5 Å². The van der Waals surface area contributed by atoms with Gasteiger partial charge < -0.3 is 14.2 Å². The summed E-state index contributed by atoms with van der Waals surface area (Å²) >= 11 is 0. The van der Waals surface area contributed by atoms with E-state index in [1.807, 2.05) is 36.4 Å². The molecule has 1 atom stereocenters. The highest BCUT2D eigenvalue weighted by Gasteiger charge is 2.57. The van der Waals surface area contributed by atoms with Crippen molar-refractivity contribution in [1.82, 2.24) is 0 Å². The van der Waals surface area contributed by atoms with Crippen molar-refractivity contribution in [2.75, 3.05) is 14.2 Å². The fourth-order valence-corrected chi connectivity index (χ4v) is 9.31. The van der Waals surface area contributed by atoms with Crippen LogP contribution in [0.15, 0.2) is 72.8 Å². The second-order valence-corrected chi connectivity index (χ2v) is 16.5. The summed E-state index contributed by atoms with van der Waals surface area (Å²) in [6.45, 7) is 7.45. The minimum atomic E-state index is -1.99. The zero-order chi connectivity index (χ0) is 25.7. The number of carbonyl (C=O) groups excluding carboxylic acids is 1. The molecular formula is C32H30O4Si. The first-order valence-electron chi connectivity index (χ1n) is 12.9. The highest BCUT2D eigenvalue weighted by atomic mass is 28.3. The Labute approximate surface area is 218 Å². The Kier molecular flexibility index (Phi) is 4.59. The number of fused-ring (bicyclic) bond motifs is 3. The molecule has 3 aromatic rings. The Morgan fingerprint density at radius 2 is 1.54 bits per heavy atom. The van der Waals surface area contributed by atoms with Crippen LogP contribution in [-0.4, -0.2) is 28.1 Å². The van der Waals surface area contributed by atoms with Crippen molar-refractivity contribution in [2.24, 2.45) is 0 Å². The van der Waals surface area contributed by atoms with E-state index >= 15 is 0 Å². The average Bonchev–Trinajstić information content (AvgIpc) is 3.20. The molecule has 5 heteroatoms. The van der Waals surface area contributed by atoms with Crippen LogP contribution in [0.3, 0.4) is 0 Å². The van der Waals surface area contributed by atoms with Crippen molar-refractivity contribution >= 4 is 19.0 Å².